The Bertz CT molecular complexity index is 1070. The van der Waals surface area contributed by atoms with Crippen LogP contribution < -0.4 is 14.2 Å². The zero-order valence-electron chi connectivity index (χ0n) is 16.8. The molecule has 0 saturated carbocycles. The van der Waals surface area contributed by atoms with Crippen LogP contribution in [0.3, 0.4) is 0 Å². The Morgan fingerprint density at radius 2 is 1.72 bits per heavy atom. The second-order valence-electron chi connectivity index (χ2n) is 7.46. The van der Waals surface area contributed by atoms with Crippen molar-refractivity contribution >= 4 is 21.6 Å². The van der Waals surface area contributed by atoms with Crippen molar-refractivity contribution in [1.82, 2.24) is 9.47 Å². The number of amides is 1. The Morgan fingerprint density at radius 3 is 2.45 bits per heavy atom. The third-order valence-corrected chi connectivity index (χ3v) is 7.22. The number of nitrogens with zero attached hydrogens (tertiary/aromatic N) is 2. The minimum absolute atomic E-state index is 0.0331. The van der Waals surface area contributed by atoms with Crippen LogP contribution in [0.4, 0.5) is 5.69 Å². The molecule has 29 heavy (non-hydrogen) atoms. The van der Waals surface area contributed by atoms with Gasteiger partial charge >= 0.3 is 0 Å². The van der Waals surface area contributed by atoms with Gasteiger partial charge in [0.25, 0.3) is 15.9 Å². The van der Waals surface area contributed by atoms with E-state index in [1.54, 1.807) is 48.6 Å². The molecule has 0 spiro atoms. The van der Waals surface area contributed by atoms with E-state index in [2.05, 4.69) is 4.72 Å². The van der Waals surface area contributed by atoms with Gasteiger partial charge in [0.15, 0.2) is 11.5 Å². The van der Waals surface area contributed by atoms with Crippen molar-refractivity contribution in [3.05, 3.63) is 35.2 Å². The number of fused-ring (bicyclic) bond motifs is 1. The molecule has 2 aromatic rings. The van der Waals surface area contributed by atoms with Gasteiger partial charge in [0.05, 0.1) is 11.3 Å². The van der Waals surface area contributed by atoms with Crippen LogP contribution in [-0.2, 0) is 17.1 Å². The van der Waals surface area contributed by atoms with Crippen LogP contribution in [0.25, 0.3) is 0 Å². The molecule has 1 aromatic heterocycles. The average molecular weight is 420 g/mol. The molecule has 2 aliphatic heterocycles. The van der Waals surface area contributed by atoms with Crippen LogP contribution in [0, 0.1) is 13.8 Å². The van der Waals surface area contributed by atoms with Crippen LogP contribution in [0.2, 0.25) is 0 Å². The number of carbonyl (C=O) groups excluding carboxylic acids is 1. The molecule has 0 bridgehead atoms. The molecule has 1 fully saturated rings. The lowest BCUT2D eigenvalue weighted by atomic mass is 10.1. The van der Waals surface area contributed by atoms with Crippen LogP contribution in [0.1, 0.15) is 41.0 Å². The second kappa shape index (κ2) is 7.29. The van der Waals surface area contributed by atoms with E-state index >= 15 is 0 Å². The zero-order valence-corrected chi connectivity index (χ0v) is 17.6. The molecule has 0 radical (unpaired) electrons. The van der Waals surface area contributed by atoms with E-state index in [0.717, 1.165) is 19.3 Å². The third kappa shape index (κ3) is 3.43. The quantitative estimate of drug-likeness (QED) is 0.823. The number of piperidine rings is 1. The number of ether oxygens (including phenoxy) is 2. The van der Waals surface area contributed by atoms with Crippen molar-refractivity contribution < 1.29 is 22.7 Å². The van der Waals surface area contributed by atoms with Gasteiger partial charge < -0.3 is 18.9 Å². The van der Waals surface area contributed by atoms with Crippen LogP contribution in [0.15, 0.2) is 23.1 Å². The van der Waals surface area contributed by atoms with Gasteiger partial charge in [-0.25, -0.2) is 8.42 Å². The number of rotatable bonds is 4. The van der Waals surface area contributed by atoms with Crippen LogP contribution in [-0.4, -0.2) is 43.7 Å². The molecular weight excluding hydrogens is 394 g/mol. The lowest BCUT2D eigenvalue weighted by Crippen LogP contribution is -2.36. The van der Waals surface area contributed by atoms with Gasteiger partial charge in [-0.3, -0.25) is 9.52 Å². The first-order valence-corrected chi connectivity index (χ1v) is 11.2. The molecule has 0 atom stereocenters. The number of likely N-dealkylation sites (tertiary alicyclic amines) is 1. The summed E-state index contributed by atoms with van der Waals surface area (Å²) < 4.78 is 41.6. The Balaban J connectivity index is 1.73. The fourth-order valence-corrected chi connectivity index (χ4v) is 5.49. The summed E-state index contributed by atoms with van der Waals surface area (Å²) >= 11 is 0. The van der Waals surface area contributed by atoms with Crippen molar-refractivity contribution in [3.8, 4) is 11.5 Å². The van der Waals surface area contributed by atoms with E-state index in [9.17, 15) is 13.2 Å². The van der Waals surface area contributed by atoms with Crippen molar-refractivity contribution in [2.45, 2.75) is 38.0 Å². The first kappa shape index (κ1) is 19.6. The normalized spacial score (nSPS) is 16.2. The maximum atomic E-state index is 13.3. The molecule has 9 heteroatoms. The molecule has 1 N–H and O–H groups in total. The van der Waals surface area contributed by atoms with E-state index in [1.807, 2.05) is 0 Å². The molecule has 3 heterocycles. The minimum Gasteiger partial charge on any atom is -0.454 e. The van der Waals surface area contributed by atoms with Crippen molar-refractivity contribution in [1.29, 1.82) is 0 Å². The van der Waals surface area contributed by atoms with Crippen molar-refractivity contribution in [2.75, 3.05) is 24.6 Å². The first-order chi connectivity index (χ1) is 13.8. The predicted molar refractivity (Wildman–Crippen MR) is 108 cm³/mol. The molecule has 4 rings (SSSR count). The number of hydrogen-bond donors (Lipinski definition) is 1. The summed E-state index contributed by atoms with van der Waals surface area (Å²) in [6.45, 7) is 4.91. The van der Waals surface area contributed by atoms with Gasteiger partial charge in [-0.15, -0.1) is 0 Å². The highest BCUT2D eigenvalue weighted by atomic mass is 32.2. The summed E-state index contributed by atoms with van der Waals surface area (Å²) in [6.07, 6.45) is 2.97. The standard InChI is InChI=1S/C20H25N3O5S/c1-13-18(20(24)23-9-5-4-6-10-23)19(14(2)22(13)3)29(25,26)21-15-7-8-16-17(11-15)28-12-27-16/h7-8,11,21H,4-6,9-10,12H2,1-3H3. The third-order valence-electron chi connectivity index (χ3n) is 5.67. The molecule has 2 aliphatic rings. The molecular formula is C20H25N3O5S. The number of anilines is 1. The molecule has 156 valence electrons. The minimum atomic E-state index is -3.99. The monoisotopic (exact) mass is 419 g/mol. The second-order valence-corrected chi connectivity index (χ2v) is 9.08. The summed E-state index contributed by atoms with van der Waals surface area (Å²) in [4.78, 5) is 15.0. The largest absolute Gasteiger partial charge is 0.454 e. The maximum Gasteiger partial charge on any atom is 0.264 e. The molecule has 0 aliphatic carbocycles. The van der Waals surface area contributed by atoms with Crippen molar-refractivity contribution in [3.63, 3.8) is 0 Å². The van der Waals surface area contributed by atoms with Crippen molar-refractivity contribution in [2.24, 2.45) is 7.05 Å². The summed E-state index contributed by atoms with van der Waals surface area (Å²) in [5, 5.41) is 0. The van der Waals surface area contributed by atoms with Gasteiger partial charge in [-0.1, -0.05) is 0 Å². The predicted octanol–water partition coefficient (Wildman–Crippen LogP) is 2.80. The summed E-state index contributed by atoms with van der Waals surface area (Å²) in [7, 11) is -2.22. The fraction of sp³-hybridized carbons (Fsp3) is 0.450. The molecule has 8 nitrogen and oxygen atoms in total. The SMILES string of the molecule is Cc1c(C(=O)N2CCCCC2)c(S(=O)(=O)Nc2ccc3c(c2)OCO3)c(C)n1C. The van der Waals surface area contributed by atoms with Gasteiger partial charge in [0.2, 0.25) is 6.79 Å². The van der Waals surface area contributed by atoms with E-state index in [0.29, 0.717) is 41.7 Å². The number of hydrogen-bond acceptors (Lipinski definition) is 5. The summed E-state index contributed by atoms with van der Waals surface area (Å²) in [6, 6.07) is 4.85. The molecule has 1 saturated heterocycles. The maximum absolute atomic E-state index is 13.3. The number of aromatic nitrogens is 1. The van der Waals surface area contributed by atoms with Gasteiger partial charge in [0, 0.05) is 37.6 Å². The number of nitrogens with one attached hydrogen (secondary N) is 1. The lowest BCUT2D eigenvalue weighted by molar-refractivity contribution is 0.0720. The topological polar surface area (TPSA) is 89.9 Å². The Kier molecular flexibility index (Phi) is 4.94. The van der Waals surface area contributed by atoms with Gasteiger partial charge in [0.1, 0.15) is 4.90 Å². The highest BCUT2D eigenvalue weighted by molar-refractivity contribution is 7.92. The van der Waals surface area contributed by atoms with E-state index in [4.69, 9.17) is 9.47 Å². The Hall–Kier alpha value is -2.68. The molecule has 1 aromatic carbocycles. The number of sulfonamides is 1. The lowest BCUT2D eigenvalue weighted by Gasteiger charge is -2.27. The highest BCUT2D eigenvalue weighted by Gasteiger charge is 2.33. The van der Waals surface area contributed by atoms with Gasteiger partial charge in [-0.2, -0.15) is 0 Å². The zero-order chi connectivity index (χ0) is 20.8. The average Bonchev–Trinajstić information content (AvgIpc) is 3.26. The van der Waals surface area contributed by atoms with E-state index in [1.165, 1.54) is 0 Å². The summed E-state index contributed by atoms with van der Waals surface area (Å²) in [5.74, 6) is 0.827. The van der Waals surface area contributed by atoms with Gasteiger partial charge in [-0.05, 0) is 45.2 Å². The number of carbonyl (C=O) groups is 1. The Morgan fingerprint density at radius 1 is 1.03 bits per heavy atom. The first-order valence-electron chi connectivity index (χ1n) is 9.67. The molecule has 1 amide bonds. The Labute approximate surface area is 170 Å². The van der Waals surface area contributed by atoms with E-state index in [-0.39, 0.29) is 23.2 Å². The number of benzene rings is 1. The smallest absolute Gasteiger partial charge is 0.264 e. The van der Waals surface area contributed by atoms with E-state index < -0.39 is 10.0 Å². The summed E-state index contributed by atoms with van der Waals surface area (Å²) in [5.41, 5.74) is 1.77. The van der Waals surface area contributed by atoms with Crippen LogP contribution >= 0.6 is 0 Å². The molecule has 0 unspecified atom stereocenters. The van der Waals surface area contributed by atoms with Crippen LogP contribution in [0.5, 0.6) is 11.5 Å². The highest BCUT2D eigenvalue weighted by Crippen LogP contribution is 2.36. The fourth-order valence-electron chi connectivity index (χ4n) is 3.92.